The van der Waals surface area contributed by atoms with Gasteiger partial charge >= 0.3 is 0 Å². The lowest BCUT2D eigenvalue weighted by Crippen LogP contribution is -2.01. The molecule has 2 aromatic carbocycles. The number of nitrogens with two attached hydrogens (primary N) is 1. The van der Waals surface area contributed by atoms with Crippen molar-refractivity contribution in [3.8, 4) is 0 Å². The Labute approximate surface area is 106 Å². The van der Waals surface area contributed by atoms with Crippen molar-refractivity contribution in [1.82, 2.24) is 0 Å². The number of hydrogen-bond acceptors (Lipinski definition) is 3. The van der Waals surface area contributed by atoms with Gasteiger partial charge in [0.05, 0.1) is 0 Å². The fourth-order valence-electron chi connectivity index (χ4n) is 1.85. The second kappa shape index (κ2) is 3.72. The third-order valence-corrected chi connectivity index (χ3v) is 4.04. The van der Waals surface area contributed by atoms with Crippen LogP contribution in [0.4, 0.5) is 5.69 Å². The summed E-state index contributed by atoms with van der Waals surface area (Å²) in [5.41, 5.74) is 6.30. The van der Waals surface area contributed by atoms with Crippen LogP contribution < -0.4 is 11.2 Å². The third-order valence-electron chi connectivity index (χ3n) is 2.65. The molecule has 0 aliphatic heterocycles. The Morgan fingerprint density at radius 2 is 1.65 bits per heavy atom. The molecule has 0 amide bonds. The smallest absolute Gasteiger partial charge is 0.195 e. The molecule has 0 fully saturated rings. The van der Waals surface area contributed by atoms with Gasteiger partial charge in [-0.1, -0.05) is 11.6 Å². The number of halogens is 1. The van der Waals surface area contributed by atoms with E-state index in [1.807, 2.05) is 12.1 Å². The van der Waals surface area contributed by atoms with Gasteiger partial charge in [0, 0.05) is 30.9 Å². The van der Waals surface area contributed by atoms with Crippen molar-refractivity contribution < 1.29 is 0 Å². The van der Waals surface area contributed by atoms with Crippen LogP contribution in [0.3, 0.4) is 0 Å². The molecule has 0 atom stereocenters. The summed E-state index contributed by atoms with van der Waals surface area (Å²) in [6.07, 6.45) is 0. The zero-order valence-electron chi connectivity index (χ0n) is 8.74. The molecule has 0 saturated heterocycles. The van der Waals surface area contributed by atoms with Gasteiger partial charge in [0.15, 0.2) is 5.43 Å². The fraction of sp³-hybridized carbons (Fsp3) is 0. The Hall–Kier alpha value is -1.58. The molecule has 0 spiro atoms. The van der Waals surface area contributed by atoms with Gasteiger partial charge in [0.2, 0.25) is 0 Å². The SMILES string of the molecule is Nc1ccc2sc3ccc(Cl)cc3c(=O)c2c1. The van der Waals surface area contributed by atoms with Gasteiger partial charge in [-0.3, -0.25) is 4.79 Å². The zero-order valence-corrected chi connectivity index (χ0v) is 10.3. The maximum atomic E-state index is 12.3. The molecule has 0 aliphatic carbocycles. The highest BCUT2D eigenvalue weighted by Crippen LogP contribution is 2.27. The second-order valence-corrected chi connectivity index (χ2v) is 5.35. The van der Waals surface area contributed by atoms with Gasteiger partial charge < -0.3 is 5.73 Å². The molecule has 0 bridgehead atoms. The van der Waals surface area contributed by atoms with Crippen LogP contribution in [-0.4, -0.2) is 0 Å². The van der Waals surface area contributed by atoms with E-state index >= 15 is 0 Å². The van der Waals surface area contributed by atoms with Crippen LogP contribution >= 0.6 is 22.9 Å². The van der Waals surface area contributed by atoms with Crippen molar-refractivity contribution in [2.45, 2.75) is 0 Å². The average molecular weight is 262 g/mol. The highest BCUT2D eigenvalue weighted by Gasteiger charge is 2.06. The van der Waals surface area contributed by atoms with E-state index in [1.54, 1.807) is 35.6 Å². The molecule has 0 unspecified atom stereocenters. The summed E-state index contributed by atoms with van der Waals surface area (Å²) in [5.74, 6) is 0. The lowest BCUT2D eigenvalue weighted by Gasteiger charge is -2.02. The molecular weight excluding hydrogens is 254 g/mol. The van der Waals surface area contributed by atoms with Gasteiger partial charge in [0.1, 0.15) is 0 Å². The summed E-state index contributed by atoms with van der Waals surface area (Å²) in [5, 5.41) is 1.88. The van der Waals surface area contributed by atoms with E-state index < -0.39 is 0 Å². The summed E-state index contributed by atoms with van der Waals surface area (Å²) < 4.78 is 1.88. The first-order valence-electron chi connectivity index (χ1n) is 5.07. The van der Waals surface area contributed by atoms with E-state index in [9.17, 15) is 4.79 Å². The standard InChI is InChI=1S/C13H8ClNOS/c14-7-1-3-11-9(5-7)13(16)10-6-8(15)2-4-12(10)17-11/h1-6H,15H2. The maximum Gasteiger partial charge on any atom is 0.195 e. The van der Waals surface area contributed by atoms with E-state index in [0.717, 1.165) is 9.40 Å². The monoisotopic (exact) mass is 261 g/mol. The van der Waals surface area contributed by atoms with Crippen molar-refractivity contribution >= 4 is 48.8 Å². The number of hydrogen-bond donors (Lipinski definition) is 1. The first-order valence-corrected chi connectivity index (χ1v) is 6.26. The minimum Gasteiger partial charge on any atom is -0.399 e. The average Bonchev–Trinajstić information content (AvgIpc) is 2.32. The maximum absolute atomic E-state index is 12.3. The lowest BCUT2D eigenvalue weighted by molar-refractivity contribution is 1.73. The summed E-state index contributed by atoms with van der Waals surface area (Å²) in [4.78, 5) is 12.3. The molecule has 3 rings (SSSR count). The second-order valence-electron chi connectivity index (χ2n) is 3.83. The molecular formula is C13H8ClNOS. The lowest BCUT2D eigenvalue weighted by atomic mass is 10.2. The van der Waals surface area contributed by atoms with Crippen molar-refractivity contribution in [3.63, 3.8) is 0 Å². The van der Waals surface area contributed by atoms with Crippen LogP contribution in [0.15, 0.2) is 41.2 Å². The van der Waals surface area contributed by atoms with Crippen molar-refractivity contribution in [2.75, 3.05) is 5.73 Å². The van der Waals surface area contributed by atoms with E-state index in [4.69, 9.17) is 17.3 Å². The minimum absolute atomic E-state index is 0.0106. The molecule has 4 heteroatoms. The molecule has 17 heavy (non-hydrogen) atoms. The molecule has 3 aromatic rings. The summed E-state index contributed by atoms with van der Waals surface area (Å²) in [7, 11) is 0. The van der Waals surface area contributed by atoms with Gasteiger partial charge in [-0.15, -0.1) is 11.3 Å². The van der Waals surface area contributed by atoms with Gasteiger partial charge in [-0.05, 0) is 36.4 Å². The molecule has 1 heterocycles. The highest BCUT2D eigenvalue weighted by molar-refractivity contribution is 7.24. The Morgan fingerprint density at radius 1 is 1.00 bits per heavy atom. The first kappa shape index (κ1) is 10.6. The topological polar surface area (TPSA) is 43.1 Å². The van der Waals surface area contributed by atoms with Crippen LogP contribution in [0.5, 0.6) is 0 Å². The molecule has 84 valence electrons. The van der Waals surface area contributed by atoms with Gasteiger partial charge in [-0.25, -0.2) is 0 Å². The molecule has 1 aromatic heterocycles. The minimum atomic E-state index is -0.0106. The van der Waals surface area contributed by atoms with Crippen LogP contribution in [0.25, 0.3) is 20.2 Å². The van der Waals surface area contributed by atoms with Crippen LogP contribution in [0.1, 0.15) is 0 Å². The summed E-state index contributed by atoms with van der Waals surface area (Å²) in [6, 6.07) is 10.8. The van der Waals surface area contributed by atoms with Crippen molar-refractivity contribution in [2.24, 2.45) is 0 Å². The van der Waals surface area contributed by atoms with Crippen molar-refractivity contribution in [3.05, 3.63) is 51.6 Å². The zero-order chi connectivity index (χ0) is 12.0. The van der Waals surface area contributed by atoms with Crippen LogP contribution in [0, 0.1) is 0 Å². The Bertz CT molecular complexity index is 731. The highest BCUT2D eigenvalue weighted by atomic mass is 35.5. The van der Waals surface area contributed by atoms with Crippen LogP contribution in [0.2, 0.25) is 5.02 Å². The normalized spacial score (nSPS) is 11.1. The number of anilines is 1. The van der Waals surface area contributed by atoms with Gasteiger partial charge in [-0.2, -0.15) is 0 Å². The Morgan fingerprint density at radius 3 is 2.41 bits per heavy atom. The van der Waals surface area contributed by atoms with E-state index in [0.29, 0.717) is 21.5 Å². The molecule has 0 radical (unpaired) electrons. The predicted octanol–water partition coefficient (Wildman–Crippen LogP) is 3.65. The number of nitrogen functional groups attached to an aromatic ring is 1. The van der Waals surface area contributed by atoms with E-state index in [1.165, 1.54) is 0 Å². The molecule has 2 nitrogen and oxygen atoms in total. The molecule has 0 saturated carbocycles. The quantitative estimate of drug-likeness (QED) is 0.496. The van der Waals surface area contributed by atoms with Gasteiger partial charge in [0.25, 0.3) is 0 Å². The van der Waals surface area contributed by atoms with Crippen molar-refractivity contribution in [1.29, 1.82) is 0 Å². The van der Waals surface area contributed by atoms with Crippen LogP contribution in [-0.2, 0) is 0 Å². The number of benzene rings is 2. The third kappa shape index (κ3) is 1.68. The number of fused-ring (bicyclic) bond motifs is 2. The Kier molecular flexibility index (Phi) is 2.31. The molecule has 2 N–H and O–H groups in total. The Balaban J connectivity index is 2.58. The predicted molar refractivity (Wildman–Crippen MR) is 75.0 cm³/mol. The molecule has 0 aliphatic rings. The van der Waals surface area contributed by atoms with E-state index in [2.05, 4.69) is 0 Å². The van der Waals surface area contributed by atoms with E-state index in [-0.39, 0.29) is 5.43 Å². The largest absolute Gasteiger partial charge is 0.399 e. The summed E-state index contributed by atoms with van der Waals surface area (Å²) >= 11 is 7.48. The summed E-state index contributed by atoms with van der Waals surface area (Å²) in [6.45, 7) is 0. The number of rotatable bonds is 0. The fourth-order valence-corrected chi connectivity index (χ4v) is 3.05. The first-order chi connectivity index (χ1) is 8.15.